The van der Waals surface area contributed by atoms with Gasteiger partial charge in [-0.1, -0.05) is 0 Å². The van der Waals surface area contributed by atoms with Crippen LogP contribution < -0.4 is 10.6 Å². The van der Waals surface area contributed by atoms with Crippen LogP contribution in [-0.2, 0) is 0 Å². The third kappa shape index (κ3) is 4.38. The molecule has 0 saturated heterocycles. The standard InChI is InChI=1S/C11H15N3O4/c1-8(6-7-15)12-11(16)13-9-2-4-10(5-3-9)14(17)18/h2-5,8,15H,6-7H2,1H3,(H2,12,13,16). The molecule has 1 aromatic rings. The molecule has 2 amide bonds. The fourth-order valence-corrected chi connectivity index (χ4v) is 1.32. The highest BCUT2D eigenvalue weighted by Crippen LogP contribution is 2.15. The summed E-state index contributed by atoms with van der Waals surface area (Å²) in [6, 6.07) is 4.97. The Kier molecular flexibility index (Phi) is 5.06. The van der Waals surface area contributed by atoms with Gasteiger partial charge in [0.2, 0.25) is 0 Å². The molecule has 1 aromatic carbocycles. The summed E-state index contributed by atoms with van der Waals surface area (Å²) in [5.74, 6) is 0. The number of nitro benzene ring substituents is 1. The van der Waals surface area contributed by atoms with Gasteiger partial charge in [0.15, 0.2) is 0 Å². The predicted octanol–water partition coefficient (Wildman–Crippen LogP) is 1.49. The first-order chi connectivity index (χ1) is 8.52. The summed E-state index contributed by atoms with van der Waals surface area (Å²) in [4.78, 5) is 21.4. The SMILES string of the molecule is CC(CCO)NC(=O)Nc1ccc([N+](=O)[O-])cc1. The van der Waals surface area contributed by atoms with Crippen LogP contribution in [0.5, 0.6) is 0 Å². The quantitative estimate of drug-likeness (QED) is 0.546. The van der Waals surface area contributed by atoms with Gasteiger partial charge in [-0.15, -0.1) is 0 Å². The molecule has 0 fully saturated rings. The maximum absolute atomic E-state index is 11.5. The number of aliphatic hydroxyl groups is 1. The Labute approximate surface area is 104 Å². The molecule has 0 aliphatic rings. The molecule has 3 N–H and O–H groups in total. The summed E-state index contributed by atoms with van der Waals surface area (Å²) < 4.78 is 0. The number of nitrogens with one attached hydrogen (secondary N) is 2. The number of non-ortho nitro benzene ring substituents is 1. The van der Waals surface area contributed by atoms with Crippen molar-refractivity contribution in [1.82, 2.24) is 5.32 Å². The van der Waals surface area contributed by atoms with E-state index in [-0.39, 0.29) is 18.3 Å². The van der Waals surface area contributed by atoms with E-state index in [4.69, 9.17) is 5.11 Å². The summed E-state index contributed by atoms with van der Waals surface area (Å²) in [6.07, 6.45) is 0.466. The molecule has 98 valence electrons. The smallest absolute Gasteiger partial charge is 0.319 e. The van der Waals surface area contributed by atoms with Crippen LogP contribution in [0.4, 0.5) is 16.2 Å². The lowest BCUT2D eigenvalue weighted by Gasteiger charge is -2.13. The van der Waals surface area contributed by atoms with Crippen LogP contribution in [0, 0.1) is 10.1 Å². The van der Waals surface area contributed by atoms with E-state index in [1.807, 2.05) is 0 Å². The lowest BCUT2D eigenvalue weighted by atomic mass is 10.2. The molecule has 1 rings (SSSR count). The molecule has 0 heterocycles. The monoisotopic (exact) mass is 253 g/mol. The van der Waals surface area contributed by atoms with Crippen LogP contribution in [0.3, 0.4) is 0 Å². The number of hydrogen-bond donors (Lipinski definition) is 3. The first kappa shape index (κ1) is 13.9. The molecule has 18 heavy (non-hydrogen) atoms. The Bertz CT molecular complexity index is 419. The van der Waals surface area contributed by atoms with Crippen molar-refractivity contribution in [3.05, 3.63) is 34.4 Å². The minimum Gasteiger partial charge on any atom is -0.396 e. The summed E-state index contributed by atoms with van der Waals surface area (Å²) >= 11 is 0. The van der Waals surface area contributed by atoms with Crippen molar-refractivity contribution in [3.8, 4) is 0 Å². The Morgan fingerprint density at radius 1 is 1.44 bits per heavy atom. The summed E-state index contributed by atoms with van der Waals surface area (Å²) in [5, 5.41) is 24.3. The predicted molar refractivity (Wildman–Crippen MR) is 66.4 cm³/mol. The maximum Gasteiger partial charge on any atom is 0.319 e. The molecule has 0 aliphatic heterocycles. The molecule has 1 unspecified atom stereocenters. The molecule has 0 spiro atoms. The van der Waals surface area contributed by atoms with Crippen molar-refractivity contribution in [2.75, 3.05) is 11.9 Å². The third-order valence-corrected chi connectivity index (χ3v) is 2.28. The fraction of sp³-hybridized carbons (Fsp3) is 0.364. The van der Waals surface area contributed by atoms with Crippen molar-refractivity contribution in [3.63, 3.8) is 0 Å². The molecular formula is C11H15N3O4. The number of aliphatic hydroxyl groups excluding tert-OH is 1. The van der Waals surface area contributed by atoms with Gasteiger partial charge in [-0.25, -0.2) is 4.79 Å². The van der Waals surface area contributed by atoms with Gasteiger partial charge in [0.25, 0.3) is 5.69 Å². The average molecular weight is 253 g/mol. The van der Waals surface area contributed by atoms with E-state index < -0.39 is 11.0 Å². The van der Waals surface area contributed by atoms with Gasteiger partial charge in [0.05, 0.1) is 4.92 Å². The lowest BCUT2D eigenvalue weighted by Crippen LogP contribution is -2.36. The van der Waals surface area contributed by atoms with Crippen molar-refractivity contribution in [2.45, 2.75) is 19.4 Å². The van der Waals surface area contributed by atoms with E-state index in [2.05, 4.69) is 10.6 Å². The van der Waals surface area contributed by atoms with Gasteiger partial charge < -0.3 is 15.7 Å². The molecule has 7 nitrogen and oxygen atoms in total. The topological polar surface area (TPSA) is 104 Å². The van der Waals surface area contributed by atoms with E-state index >= 15 is 0 Å². The second-order valence-corrected chi connectivity index (χ2v) is 3.82. The second-order valence-electron chi connectivity index (χ2n) is 3.82. The lowest BCUT2D eigenvalue weighted by molar-refractivity contribution is -0.384. The van der Waals surface area contributed by atoms with E-state index in [0.29, 0.717) is 12.1 Å². The number of amides is 2. The number of anilines is 1. The highest BCUT2D eigenvalue weighted by Gasteiger charge is 2.08. The average Bonchev–Trinajstić information content (AvgIpc) is 2.29. The summed E-state index contributed by atoms with van der Waals surface area (Å²) in [6.45, 7) is 1.77. The molecular weight excluding hydrogens is 238 g/mol. The molecule has 1 atom stereocenters. The van der Waals surface area contributed by atoms with Crippen LogP contribution in [0.1, 0.15) is 13.3 Å². The number of nitro groups is 1. The molecule has 0 bridgehead atoms. The van der Waals surface area contributed by atoms with Crippen molar-refractivity contribution in [1.29, 1.82) is 0 Å². The number of carbonyl (C=O) groups excluding carboxylic acids is 1. The van der Waals surface area contributed by atoms with Crippen LogP contribution in [0.2, 0.25) is 0 Å². The molecule has 0 aliphatic carbocycles. The van der Waals surface area contributed by atoms with Crippen LogP contribution in [0.25, 0.3) is 0 Å². The highest BCUT2D eigenvalue weighted by atomic mass is 16.6. The number of carbonyl (C=O) groups is 1. The van der Waals surface area contributed by atoms with Crippen molar-refractivity contribution in [2.24, 2.45) is 0 Å². The first-order valence-electron chi connectivity index (χ1n) is 5.45. The van der Waals surface area contributed by atoms with Crippen molar-refractivity contribution >= 4 is 17.4 Å². The Morgan fingerprint density at radius 2 is 2.06 bits per heavy atom. The first-order valence-corrected chi connectivity index (χ1v) is 5.45. The fourth-order valence-electron chi connectivity index (χ4n) is 1.32. The minimum atomic E-state index is -0.507. The maximum atomic E-state index is 11.5. The zero-order chi connectivity index (χ0) is 13.5. The van der Waals surface area contributed by atoms with Gasteiger partial charge >= 0.3 is 6.03 Å². The number of rotatable bonds is 5. The normalized spacial score (nSPS) is 11.7. The molecule has 7 heteroatoms. The molecule has 0 saturated carbocycles. The van der Waals surface area contributed by atoms with Gasteiger partial charge in [-0.3, -0.25) is 10.1 Å². The zero-order valence-electron chi connectivity index (χ0n) is 9.92. The zero-order valence-corrected chi connectivity index (χ0v) is 9.92. The summed E-state index contributed by atoms with van der Waals surface area (Å²) in [5.41, 5.74) is 0.434. The number of urea groups is 1. The highest BCUT2D eigenvalue weighted by molar-refractivity contribution is 5.89. The van der Waals surface area contributed by atoms with Crippen LogP contribution >= 0.6 is 0 Å². The Morgan fingerprint density at radius 3 is 2.56 bits per heavy atom. The number of nitrogens with zero attached hydrogens (tertiary/aromatic N) is 1. The second kappa shape index (κ2) is 6.55. The Balaban J connectivity index is 2.51. The summed E-state index contributed by atoms with van der Waals surface area (Å²) in [7, 11) is 0. The van der Waals surface area contributed by atoms with Gasteiger partial charge in [-0.2, -0.15) is 0 Å². The largest absolute Gasteiger partial charge is 0.396 e. The van der Waals surface area contributed by atoms with E-state index in [1.54, 1.807) is 6.92 Å². The van der Waals surface area contributed by atoms with Crippen LogP contribution in [0.15, 0.2) is 24.3 Å². The number of benzene rings is 1. The Hall–Kier alpha value is -2.15. The van der Waals surface area contributed by atoms with Gasteiger partial charge in [0.1, 0.15) is 0 Å². The third-order valence-electron chi connectivity index (χ3n) is 2.28. The van der Waals surface area contributed by atoms with E-state index in [0.717, 1.165) is 0 Å². The van der Waals surface area contributed by atoms with Crippen molar-refractivity contribution < 1.29 is 14.8 Å². The molecule has 0 aromatic heterocycles. The minimum absolute atomic E-state index is 0.00101. The van der Waals surface area contributed by atoms with Gasteiger partial charge in [-0.05, 0) is 25.5 Å². The van der Waals surface area contributed by atoms with E-state index in [9.17, 15) is 14.9 Å². The number of hydrogen-bond acceptors (Lipinski definition) is 4. The molecule has 0 radical (unpaired) electrons. The van der Waals surface area contributed by atoms with Gasteiger partial charge in [0, 0.05) is 30.5 Å². The van der Waals surface area contributed by atoms with E-state index in [1.165, 1.54) is 24.3 Å². The van der Waals surface area contributed by atoms with Crippen LogP contribution in [-0.4, -0.2) is 28.7 Å².